The topological polar surface area (TPSA) is 82.1 Å². The number of sulfonamides is 1. The summed E-state index contributed by atoms with van der Waals surface area (Å²) in [5.41, 5.74) is 0.693. The molecule has 1 heterocycles. The van der Waals surface area contributed by atoms with Crippen LogP contribution in [0.4, 0.5) is 0 Å². The lowest BCUT2D eigenvalue weighted by Gasteiger charge is -2.26. The third-order valence-electron chi connectivity index (χ3n) is 4.29. The summed E-state index contributed by atoms with van der Waals surface area (Å²) in [6.07, 6.45) is 2.87. The van der Waals surface area contributed by atoms with Gasteiger partial charge in [-0.15, -0.1) is 0 Å². The van der Waals surface area contributed by atoms with Crippen LogP contribution in [0.5, 0.6) is 5.75 Å². The summed E-state index contributed by atoms with van der Waals surface area (Å²) in [5.74, 6) is 0.181. The highest BCUT2D eigenvalue weighted by Gasteiger charge is 2.25. The van der Waals surface area contributed by atoms with Crippen LogP contribution in [0.15, 0.2) is 64.0 Å². The van der Waals surface area contributed by atoms with Crippen molar-refractivity contribution in [3.63, 3.8) is 0 Å². The minimum atomic E-state index is -3.53. The van der Waals surface area contributed by atoms with Crippen LogP contribution in [-0.2, 0) is 24.3 Å². The van der Waals surface area contributed by atoms with E-state index >= 15 is 0 Å². The van der Waals surface area contributed by atoms with Crippen molar-refractivity contribution in [3.05, 3.63) is 64.6 Å². The molecule has 1 saturated heterocycles. The second-order valence-corrected chi connectivity index (χ2v) is 9.25. The molecular formula is C21H22BrNO6S. The zero-order chi connectivity index (χ0) is 21.4. The summed E-state index contributed by atoms with van der Waals surface area (Å²) in [7, 11) is -3.53. The van der Waals surface area contributed by atoms with E-state index in [1.54, 1.807) is 18.2 Å². The fraction of sp³-hybridized carbons (Fsp3) is 0.286. The zero-order valence-electron chi connectivity index (χ0n) is 16.2. The van der Waals surface area contributed by atoms with Crippen LogP contribution in [0.2, 0.25) is 0 Å². The molecule has 0 unspecified atom stereocenters. The molecule has 0 spiro atoms. The SMILES string of the molecule is O=C(/C=C/c1ccc(S(=O)(=O)N2CCOCC2)cc1)OCCOc1cccc(Br)c1. The van der Waals surface area contributed by atoms with Gasteiger partial charge in [-0.25, -0.2) is 13.2 Å². The molecule has 0 amide bonds. The second kappa shape index (κ2) is 10.7. The van der Waals surface area contributed by atoms with Gasteiger partial charge in [0.2, 0.25) is 10.0 Å². The Morgan fingerprint density at radius 2 is 1.83 bits per heavy atom. The lowest BCUT2D eigenvalue weighted by Crippen LogP contribution is -2.40. The average Bonchev–Trinajstić information content (AvgIpc) is 2.76. The Morgan fingerprint density at radius 1 is 1.10 bits per heavy atom. The number of rotatable bonds is 8. The Labute approximate surface area is 184 Å². The van der Waals surface area contributed by atoms with Crippen LogP contribution in [0.25, 0.3) is 6.08 Å². The van der Waals surface area contributed by atoms with Crippen molar-refractivity contribution in [2.75, 3.05) is 39.5 Å². The van der Waals surface area contributed by atoms with Gasteiger partial charge in [0, 0.05) is 23.6 Å². The third-order valence-corrected chi connectivity index (χ3v) is 6.70. The molecular weight excluding hydrogens is 474 g/mol. The van der Waals surface area contributed by atoms with E-state index in [1.807, 2.05) is 24.3 Å². The van der Waals surface area contributed by atoms with Gasteiger partial charge in [-0.2, -0.15) is 4.31 Å². The van der Waals surface area contributed by atoms with Crippen molar-refractivity contribution in [2.24, 2.45) is 0 Å². The number of carbonyl (C=O) groups excluding carboxylic acids is 1. The van der Waals surface area contributed by atoms with Gasteiger partial charge in [-0.1, -0.05) is 34.1 Å². The molecule has 1 aliphatic rings. The monoisotopic (exact) mass is 495 g/mol. The first-order valence-electron chi connectivity index (χ1n) is 9.36. The molecule has 160 valence electrons. The fourth-order valence-electron chi connectivity index (χ4n) is 2.76. The van der Waals surface area contributed by atoms with Crippen LogP contribution < -0.4 is 4.74 Å². The van der Waals surface area contributed by atoms with E-state index < -0.39 is 16.0 Å². The predicted molar refractivity (Wildman–Crippen MR) is 116 cm³/mol. The molecule has 1 fully saturated rings. The van der Waals surface area contributed by atoms with Crippen LogP contribution in [0, 0.1) is 0 Å². The van der Waals surface area contributed by atoms with E-state index in [9.17, 15) is 13.2 Å². The number of nitrogens with zero attached hydrogens (tertiary/aromatic N) is 1. The molecule has 0 saturated carbocycles. The molecule has 2 aromatic carbocycles. The maximum Gasteiger partial charge on any atom is 0.330 e. The summed E-state index contributed by atoms with van der Waals surface area (Å²) >= 11 is 3.36. The minimum absolute atomic E-state index is 0.117. The molecule has 9 heteroatoms. The molecule has 1 aliphatic heterocycles. The lowest BCUT2D eigenvalue weighted by atomic mass is 10.2. The Balaban J connectivity index is 1.46. The number of carbonyl (C=O) groups is 1. The van der Waals surface area contributed by atoms with Gasteiger partial charge in [0.1, 0.15) is 19.0 Å². The second-order valence-electron chi connectivity index (χ2n) is 6.39. The molecule has 0 aromatic heterocycles. The van der Waals surface area contributed by atoms with Crippen LogP contribution in [-0.4, -0.2) is 58.2 Å². The first-order valence-corrected chi connectivity index (χ1v) is 11.6. The molecule has 0 aliphatic carbocycles. The minimum Gasteiger partial charge on any atom is -0.490 e. The van der Waals surface area contributed by atoms with Crippen molar-refractivity contribution in [2.45, 2.75) is 4.90 Å². The highest BCUT2D eigenvalue weighted by atomic mass is 79.9. The maximum absolute atomic E-state index is 12.6. The van der Waals surface area contributed by atoms with E-state index in [1.165, 1.54) is 22.5 Å². The molecule has 0 radical (unpaired) electrons. The van der Waals surface area contributed by atoms with Crippen LogP contribution >= 0.6 is 15.9 Å². The molecule has 0 N–H and O–H groups in total. The number of benzene rings is 2. The largest absolute Gasteiger partial charge is 0.490 e. The molecule has 7 nitrogen and oxygen atoms in total. The molecule has 0 atom stereocenters. The summed E-state index contributed by atoms with van der Waals surface area (Å²) in [5, 5.41) is 0. The quantitative estimate of drug-likeness (QED) is 0.318. The predicted octanol–water partition coefficient (Wildman–Crippen LogP) is 3.11. The molecule has 0 bridgehead atoms. The standard InChI is InChI=1S/C21H22BrNO6S/c22-18-2-1-3-19(16-18)28-14-15-29-21(24)9-6-17-4-7-20(8-5-17)30(25,26)23-10-12-27-13-11-23/h1-9,16H,10-15H2/b9-6+. The Hall–Kier alpha value is -2.20. The van der Waals surface area contributed by atoms with Gasteiger partial charge in [-0.05, 0) is 42.0 Å². The number of hydrogen-bond donors (Lipinski definition) is 0. The normalized spacial score (nSPS) is 15.2. The number of esters is 1. The first kappa shape index (κ1) is 22.5. The summed E-state index contributed by atoms with van der Waals surface area (Å²) in [6, 6.07) is 13.7. The summed E-state index contributed by atoms with van der Waals surface area (Å²) in [6.45, 7) is 1.85. The van der Waals surface area contributed by atoms with Gasteiger partial charge in [0.15, 0.2) is 0 Å². The van der Waals surface area contributed by atoms with Crippen molar-refractivity contribution >= 4 is 38.0 Å². The Bertz CT molecular complexity index is 985. The number of halogens is 1. The van der Waals surface area contributed by atoms with E-state index in [0.717, 1.165) is 4.47 Å². The van der Waals surface area contributed by atoms with Gasteiger partial charge in [-0.3, -0.25) is 0 Å². The maximum atomic E-state index is 12.6. The zero-order valence-corrected chi connectivity index (χ0v) is 18.6. The van der Waals surface area contributed by atoms with Crippen LogP contribution in [0.1, 0.15) is 5.56 Å². The molecule has 2 aromatic rings. The van der Waals surface area contributed by atoms with Crippen LogP contribution in [0.3, 0.4) is 0 Å². The third kappa shape index (κ3) is 6.40. The van der Waals surface area contributed by atoms with Crippen molar-refractivity contribution in [1.82, 2.24) is 4.31 Å². The van der Waals surface area contributed by atoms with Crippen molar-refractivity contribution in [1.29, 1.82) is 0 Å². The smallest absolute Gasteiger partial charge is 0.330 e. The van der Waals surface area contributed by atoms with E-state index in [0.29, 0.717) is 37.6 Å². The van der Waals surface area contributed by atoms with Crippen molar-refractivity contribution in [3.8, 4) is 5.75 Å². The number of morpholine rings is 1. The summed E-state index contributed by atoms with van der Waals surface area (Å²) in [4.78, 5) is 12.0. The first-order chi connectivity index (χ1) is 14.4. The summed E-state index contributed by atoms with van der Waals surface area (Å²) < 4.78 is 43.3. The average molecular weight is 496 g/mol. The van der Waals surface area contributed by atoms with Gasteiger partial charge >= 0.3 is 5.97 Å². The van der Waals surface area contributed by atoms with Gasteiger partial charge in [0.05, 0.1) is 18.1 Å². The van der Waals surface area contributed by atoms with E-state index in [4.69, 9.17) is 14.2 Å². The highest BCUT2D eigenvalue weighted by Crippen LogP contribution is 2.19. The van der Waals surface area contributed by atoms with Crippen molar-refractivity contribution < 1.29 is 27.4 Å². The number of ether oxygens (including phenoxy) is 3. The van der Waals surface area contributed by atoms with Gasteiger partial charge < -0.3 is 14.2 Å². The Kier molecular flexibility index (Phi) is 8.03. The Morgan fingerprint density at radius 3 is 2.53 bits per heavy atom. The van der Waals surface area contributed by atoms with E-state index in [-0.39, 0.29) is 18.1 Å². The highest BCUT2D eigenvalue weighted by molar-refractivity contribution is 9.10. The molecule has 30 heavy (non-hydrogen) atoms. The van der Waals surface area contributed by atoms with E-state index in [2.05, 4.69) is 15.9 Å². The van der Waals surface area contributed by atoms with Gasteiger partial charge in [0.25, 0.3) is 0 Å². The fourth-order valence-corrected chi connectivity index (χ4v) is 4.54. The molecule has 3 rings (SSSR count). The number of hydrogen-bond acceptors (Lipinski definition) is 6. The lowest BCUT2D eigenvalue weighted by molar-refractivity contribution is -0.138.